The lowest BCUT2D eigenvalue weighted by atomic mass is 10.1. The van der Waals surface area contributed by atoms with Crippen molar-refractivity contribution < 1.29 is 9.59 Å². The van der Waals surface area contributed by atoms with E-state index in [1.54, 1.807) is 11.3 Å². The molecular weight excluding hydrogens is 370 g/mol. The van der Waals surface area contributed by atoms with E-state index >= 15 is 0 Å². The molecule has 2 amide bonds. The van der Waals surface area contributed by atoms with Gasteiger partial charge in [-0.05, 0) is 51.0 Å². The maximum absolute atomic E-state index is 12.8. The smallest absolute Gasteiger partial charge is 0.251 e. The van der Waals surface area contributed by atoms with Crippen molar-refractivity contribution in [2.75, 3.05) is 13.1 Å². The van der Waals surface area contributed by atoms with Crippen LogP contribution in [0.4, 0.5) is 0 Å². The summed E-state index contributed by atoms with van der Waals surface area (Å²) >= 11 is 1.65. The molecule has 144 valence electrons. The number of fused-ring (bicyclic) bond motifs is 1. The lowest BCUT2D eigenvalue weighted by molar-refractivity contribution is -0.131. The van der Waals surface area contributed by atoms with Crippen molar-refractivity contribution in [2.45, 2.75) is 32.7 Å². The largest absolute Gasteiger partial charge is 0.343 e. The second-order valence-corrected chi connectivity index (χ2v) is 8.39. The van der Waals surface area contributed by atoms with Crippen LogP contribution in [-0.4, -0.2) is 34.8 Å². The second-order valence-electron chi connectivity index (χ2n) is 7.32. The van der Waals surface area contributed by atoms with Gasteiger partial charge in [-0.1, -0.05) is 29.3 Å². The summed E-state index contributed by atoms with van der Waals surface area (Å²) in [5, 5.41) is 3.76. The molecule has 0 bridgehead atoms. The highest BCUT2D eigenvalue weighted by molar-refractivity contribution is 7.18. The summed E-state index contributed by atoms with van der Waals surface area (Å²) in [6.07, 6.45) is 1.87. The zero-order valence-electron chi connectivity index (χ0n) is 16.1. The summed E-state index contributed by atoms with van der Waals surface area (Å²) in [5.74, 6) is -0.268. The number of likely N-dealkylation sites (tertiary alicyclic amines) is 1. The molecule has 1 aliphatic rings. The minimum Gasteiger partial charge on any atom is -0.343 e. The van der Waals surface area contributed by atoms with Crippen LogP contribution in [0.1, 0.15) is 45.4 Å². The van der Waals surface area contributed by atoms with Gasteiger partial charge in [0.15, 0.2) is 0 Å². The normalized spacial score (nSPS) is 16.5. The molecule has 5 nitrogen and oxygen atoms in total. The number of rotatable bonds is 4. The molecule has 0 radical (unpaired) electrons. The average Bonchev–Trinajstić information content (AvgIpc) is 3.31. The molecule has 1 fully saturated rings. The van der Waals surface area contributed by atoms with E-state index in [-0.39, 0.29) is 24.4 Å². The lowest BCUT2D eigenvalue weighted by Crippen LogP contribution is -2.39. The highest BCUT2D eigenvalue weighted by atomic mass is 32.1. The van der Waals surface area contributed by atoms with E-state index in [0.717, 1.165) is 39.2 Å². The molecule has 1 aliphatic heterocycles. The third kappa shape index (κ3) is 3.78. The Bertz CT molecular complexity index is 990. The fourth-order valence-corrected chi connectivity index (χ4v) is 4.94. The van der Waals surface area contributed by atoms with E-state index in [1.165, 1.54) is 0 Å². The lowest BCUT2D eigenvalue weighted by Gasteiger charge is -2.23. The number of benzene rings is 2. The number of carbonyl (C=O) groups is 2. The minimum absolute atomic E-state index is 0.00279. The van der Waals surface area contributed by atoms with Crippen LogP contribution in [0.2, 0.25) is 0 Å². The first kappa shape index (κ1) is 18.6. The Labute approximate surface area is 168 Å². The second kappa shape index (κ2) is 7.72. The van der Waals surface area contributed by atoms with Crippen LogP contribution in [0.15, 0.2) is 42.5 Å². The number of hydrogen-bond donors (Lipinski definition) is 1. The van der Waals surface area contributed by atoms with Gasteiger partial charge < -0.3 is 10.2 Å². The molecule has 2 heterocycles. The Morgan fingerprint density at radius 1 is 1.18 bits per heavy atom. The number of para-hydroxylation sites is 1. The Morgan fingerprint density at radius 2 is 1.93 bits per heavy atom. The van der Waals surface area contributed by atoms with Crippen molar-refractivity contribution in [1.29, 1.82) is 0 Å². The first-order valence-corrected chi connectivity index (χ1v) is 10.3. The monoisotopic (exact) mass is 393 g/mol. The van der Waals surface area contributed by atoms with E-state index < -0.39 is 0 Å². The quantitative estimate of drug-likeness (QED) is 0.729. The number of nitrogens with one attached hydrogen (secondary N) is 1. The number of nitrogens with zero attached hydrogens (tertiary/aromatic N) is 2. The fraction of sp³-hybridized carbons (Fsp3) is 0.318. The summed E-state index contributed by atoms with van der Waals surface area (Å²) in [4.78, 5) is 31.8. The molecule has 0 spiro atoms. The first-order chi connectivity index (χ1) is 13.5. The standard InChI is InChI=1S/C22H23N3O2S/c1-14-10-15(2)12-16(11-14)21(27)23-13-20(26)25-9-5-7-18(25)22-24-17-6-3-4-8-19(17)28-22/h3-4,6,8,10-12,18H,5,7,9,13H2,1-2H3,(H,23,27)/t18-/m1/s1. The molecule has 1 saturated heterocycles. The molecule has 0 aliphatic carbocycles. The highest BCUT2D eigenvalue weighted by Gasteiger charge is 2.32. The van der Waals surface area contributed by atoms with Crippen LogP contribution < -0.4 is 5.32 Å². The number of aryl methyl sites for hydroxylation is 2. The number of thiazole rings is 1. The maximum atomic E-state index is 12.8. The van der Waals surface area contributed by atoms with Crippen LogP contribution in [0.25, 0.3) is 10.2 Å². The zero-order chi connectivity index (χ0) is 19.7. The van der Waals surface area contributed by atoms with Crippen molar-refractivity contribution >= 4 is 33.4 Å². The fourth-order valence-electron chi connectivity index (χ4n) is 3.82. The Balaban J connectivity index is 1.44. The van der Waals surface area contributed by atoms with Crippen molar-refractivity contribution in [3.8, 4) is 0 Å². The molecule has 1 N–H and O–H groups in total. The first-order valence-electron chi connectivity index (χ1n) is 9.53. The van der Waals surface area contributed by atoms with Gasteiger partial charge in [-0.15, -0.1) is 11.3 Å². The van der Waals surface area contributed by atoms with Gasteiger partial charge in [0, 0.05) is 12.1 Å². The Kier molecular flexibility index (Phi) is 5.13. The third-order valence-electron chi connectivity index (χ3n) is 5.05. The Hall–Kier alpha value is -2.73. The van der Waals surface area contributed by atoms with Crippen LogP contribution in [-0.2, 0) is 4.79 Å². The summed E-state index contributed by atoms with van der Waals surface area (Å²) < 4.78 is 1.14. The van der Waals surface area contributed by atoms with Gasteiger partial charge in [-0.3, -0.25) is 9.59 Å². The number of aromatic nitrogens is 1. The van der Waals surface area contributed by atoms with E-state index in [0.29, 0.717) is 12.1 Å². The van der Waals surface area contributed by atoms with Crippen molar-refractivity contribution in [1.82, 2.24) is 15.2 Å². The van der Waals surface area contributed by atoms with Gasteiger partial charge in [-0.2, -0.15) is 0 Å². The van der Waals surface area contributed by atoms with Crippen molar-refractivity contribution in [3.05, 3.63) is 64.2 Å². The number of carbonyl (C=O) groups excluding carboxylic acids is 2. The van der Waals surface area contributed by atoms with E-state index in [1.807, 2.05) is 55.1 Å². The molecule has 4 rings (SSSR count). The van der Waals surface area contributed by atoms with Crippen LogP contribution in [0.5, 0.6) is 0 Å². The molecule has 3 aromatic rings. The van der Waals surface area contributed by atoms with E-state index in [9.17, 15) is 9.59 Å². The maximum Gasteiger partial charge on any atom is 0.251 e. The highest BCUT2D eigenvalue weighted by Crippen LogP contribution is 2.36. The van der Waals surface area contributed by atoms with Gasteiger partial charge in [0.05, 0.1) is 22.8 Å². The summed E-state index contributed by atoms with van der Waals surface area (Å²) in [5.41, 5.74) is 3.64. The number of amides is 2. The summed E-state index contributed by atoms with van der Waals surface area (Å²) in [6.45, 7) is 4.63. The predicted octanol–water partition coefficient (Wildman–Crippen LogP) is 4.01. The molecule has 2 aromatic carbocycles. The van der Waals surface area contributed by atoms with Gasteiger partial charge in [0.2, 0.25) is 5.91 Å². The van der Waals surface area contributed by atoms with Crippen LogP contribution >= 0.6 is 11.3 Å². The van der Waals surface area contributed by atoms with E-state index in [2.05, 4.69) is 11.4 Å². The van der Waals surface area contributed by atoms with Crippen molar-refractivity contribution in [3.63, 3.8) is 0 Å². The third-order valence-corrected chi connectivity index (χ3v) is 6.19. The van der Waals surface area contributed by atoms with Crippen LogP contribution in [0, 0.1) is 13.8 Å². The summed E-state index contributed by atoms with van der Waals surface area (Å²) in [7, 11) is 0. The van der Waals surface area contributed by atoms with Gasteiger partial charge in [0.25, 0.3) is 5.91 Å². The van der Waals surface area contributed by atoms with E-state index in [4.69, 9.17) is 4.98 Å². The molecule has 28 heavy (non-hydrogen) atoms. The molecule has 0 saturated carbocycles. The summed E-state index contributed by atoms with van der Waals surface area (Å²) in [6, 6.07) is 13.7. The zero-order valence-corrected chi connectivity index (χ0v) is 16.9. The van der Waals surface area contributed by atoms with Gasteiger partial charge >= 0.3 is 0 Å². The van der Waals surface area contributed by atoms with Gasteiger partial charge in [-0.25, -0.2) is 4.98 Å². The average molecular weight is 394 g/mol. The molecular formula is C22H23N3O2S. The molecule has 1 aromatic heterocycles. The number of hydrogen-bond acceptors (Lipinski definition) is 4. The molecule has 0 unspecified atom stereocenters. The van der Waals surface area contributed by atoms with Gasteiger partial charge in [0.1, 0.15) is 5.01 Å². The topological polar surface area (TPSA) is 62.3 Å². The SMILES string of the molecule is Cc1cc(C)cc(C(=O)NCC(=O)N2CCC[C@@H]2c2nc3ccccc3s2)c1. The molecule has 6 heteroatoms. The van der Waals surface area contributed by atoms with Crippen LogP contribution in [0.3, 0.4) is 0 Å². The Morgan fingerprint density at radius 3 is 2.68 bits per heavy atom. The minimum atomic E-state index is -0.212. The molecule has 1 atom stereocenters. The predicted molar refractivity (Wildman–Crippen MR) is 112 cm³/mol. The van der Waals surface area contributed by atoms with Crippen molar-refractivity contribution in [2.24, 2.45) is 0 Å².